The van der Waals surface area contributed by atoms with Crippen molar-refractivity contribution in [1.82, 2.24) is 15.2 Å². The molecule has 3 heterocycles. The maximum atomic E-state index is 12.5. The van der Waals surface area contributed by atoms with Gasteiger partial charge in [-0.1, -0.05) is 6.07 Å². The van der Waals surface area contributed by atoms with Crippen LogP contribution in [-0.4, -0.2) is 59.4 Å². The van der Waals surface area contributed by atoms with Gasteiger partial charge in [0.25, 0.3) is 5.91 Å². The van der Waals surface area contributed by atoms with Crippen LogP contribution in [0.15, 0.2) is 22.6 Å². The van der Waals surface area contributed by atoms with Crippen LogP contribution < -0.4 is 5.43 Å². The first kappa shape index (κ1) is 17.6. The van der Waals surface area contributed by atoms with Crippen molar-refractivity contribution in [3.05, 3.63) is 22.4 Å². The predicted molar refractivity (Wildman–Crippen MR) is 95.2 cm³/mol. The summed E-state index contributed by atoms with van der Waals surface area (Å²) in [5.74, 6) is -0.146. The van der Waals surface area contributed by atoms with E-state index in [-0.39, 0.29) is 17.7 Å². The smallest absolute Gasteiger partial charge is 0.270 e. The molecule has 0 bridgehead atoms. The van der Waals surface area contributed by atoms with Gasteiger partial charge >= 0.3 is 0 Å². The van der Waals surface area contributed by atoms with Crippen LogP contribution in [0.3, 0.4) is 0 Å². The van der Waals surface area contributed by atoms with Crippen molar-refractivity contribution in [2.45, 2.75) is 32.1 Å². The van der Waals surface area contributed by atoms with Crippen LogP contribution in [0.4, 0.5) is 0 Å². The summed E-state index contributed by atoms with van der Waals surface area (Å²) in [6.07, 6.45) is 2.71. The number of hydrazone groups is 1. The van der Waals surface area contributed by atoms with E-state index >= 15 is 0 Å². The number of thiophene rings is 1. The summed E-state index contributed by atoms with van der Waals surface area (Å²) in [7, 11) is 0. The zero-order valence-corrected chi connectivity index (χ0v) is 14.9. The van der Waals surface area contributed by atoms with Crippen LogP contribution in [-0.2, 0) is 20.8 Å². The lowest BCUT2D eigenvalue weighted by molar-refractivity contribution is -0.131. The Morgan fingerprint density at radius 3 is 2.68 bits per heavy atom. The Morgan fingerprint density at radius 2 is 1.96 bits per heavy atom. The summed E-state index contributed by atoms with van der Waals surface area (Å²) in [6, 6.07) is 4.04. The van der Waals surface area contributed by atoms with Crippen LogP contribution in [0, 0.1) is 0 Å². The molecule has 0 unspecified atom stereocenters. The highest BCUT2D eigenvalue weighted by Gasteiger charge is 2.26. The van der Waals surface area contributed by atoms with E-state index in [1.165, 1.54) is 4.88 Å². The standard InChI is InChI=1S/C17H22N4O3S/c22-15-6-5-14(18-19-15)17(24)21-9-2-8-20(10-11-21)16(23)7-4-13-3-1-12-25-13/h1,3,12H,2,4-11H2,(H,19,22). The molecule has 0 spiro atoms. The van der Waals surface area contributed by atoms with E-state index in [0.717, 1.165) is 12.8 Å². The third-order valence-corrected chi connectivity index (χ3v) is 5.39. The van der Waals surface area contributed by atoms with Gasteiger partial charge in [0.15, 0.2) is 0 Å². The van der Waals surface area contributed by atoms with Gasteiger partial charge in [-0.15, -0.1) is 11.3 Å². The number of hydrogen-bond acceptors (Lipinski definition) is 5. The molecule has 3 amide bonds. The number of nitrogens with one attached hydrogen (secondary N) is 1. The molecule has 134 valence electrons. The molecule has 25 heavy (non-hydrogen) atoms. The second-order valence-electron chi connectivity index (χ2n) is 6.20. The normalized spacial score (nSPS) is 18.4. The van der Waals surface area contributed by atoms with E-state index in [2.05, 4.69) is 10.5 Å². The Labute approximate surface area is 150 Å². The molecule has 1 aromatic heterocycles. The third-order valence-electron chi connectivity index (χ3n) is 4.45. The van der Waals surface area contributed by atoms with Gasteiger partial charge in [-0.25, -0.2) is 5.43 Å². The van der Waals surface area contributed by atoms with Crippen molar-refractivity contribution in [3.8, 4) is 0 Å². The monoisotopic (exact) mass is 362 g/mol. The summed E-state index contributed by atoms with van der Waals surface area (Å²) in [5.41, 5.74) is 2.76. The van der Waals surface area contributed by atoms with Crippen molar-refractivity contribution in [2.24, 2.45) is 5.10 Å². The summed E-state index contributed by atoms with van der Waals surface area (Å²) in [6.45, 7) is 2.35. The fraction of sp³-hybridized carbons (Fsp3) is 0.529. The number of amides is 3. The van der Waals surface area contributed by atoms with E-state index < -0.39 is 0 Å². The second-order valence-corrected chi connectivity index (χ2v) is 7.23. The van der Waals surface area contributed by atoms with E-state index in [0.29, 0.717) is 51.2 Å². The Bertz CT molecular complexity index is 671. The minimum Gasteiger partial charge on any atom is -0.341 e. The van der Waals surface area contributed by atoms with E-state index in [1.54, 1.807) is 16.2 Å². The molecular weight excluding hydrogens is 340 g/mol. The Hall–Kier alpha value is -2.22. The van der Waals surface area contributed by atoms with Gasteiger partial charge < -0.3 is 9.80 Å². The molecule has 0 aromatic carbocycles. The number of rotatable bonds is 4. The summed E-state index contributed by atoms with van der Waals surface area (Å²) in [5, 5.41) is 5.89. The molecule has 8 heteroatoms. The van der Waals surface area contributed by atoms with Crippen molar-refractivity contribution >= 4 is 34.8 Å². The molecule has 1 saturated heterocycles. The van der Waals surface area contributed by atoms with Gasteiger partial charge in [0.05, 0.1) is 0 Å². The van der Waals surface area contributed by atoms with Crippen LogP contribution >= 0.6 is 11.3 Å². The van der Waals surface area contributed by atoms with Crippen molar-refractivity contribution in [3.63, 3.8) is 0 Å². The molecule has 3 rings (SSSR count). The summed E-state index contributed by atoms with van der Waals surface area (Å²) < 4.78 is 0. The quantitative estimate of drug-likeness (QED) is 0.868. The topological polar surface area (TPSA) is 82.1 Å². The zero-order chi connectivity index (χ0) is 17.6. The average molecular weight is 362 g/mol. The van der Waals surface area contributed by atoms with Crippen molar-refractivity contribution in [1.29, 1.82) is 0 Å². The first-order chi connectivity index (χ1) is 12.1. The minimum absolute atomic E-state index is 0.132. The average Bonchev–Trinajstić information content (AvgIpc) is 3.02. The molecule has 0 aliphatic carbocycles. The first-order valence-electron chi connectivity index (χ1n) is 8.58. The predicted octanol–water partition coefficient (Wildman–Crippen LogP) is 1.01. The Morgan fingerprint density at radius 1 is 1.16 bits per heavy atom. The van der Waals surface area contributed by atoms with E-state index in [4.69, 9.17) is 0 Å². The number of carbonyl (C=O) groups excluding carboxylic acids is 3. The summed E-state index contributed by atoms with van der Waals surface area (Å²) in [4.78, 5) is 40.9. The van der Waals surface area contributed by atoms with Gasteiger partial charge in [0.2, 0.25) is 11.8 Å². The van der Waals surface area contributed by atoms with Crippen LogP contribution in [0.5, 0.6) is 0 Å². The highest BCUT2D eigenvalue weighted by atomic mass is 32.1. The second kappa shape index (κ2) is 8.24. The number of carbonyl (C=O) groups is 3. The molecular formula is C17H22N4O3S. The SMILES string of the molecule is O=C1CCC(C(=O)N2CCCN(C(=O)CCc3cccs3)CC2)=NN1. The maximum Gasteiger partial charge on any atom is 0.270 e. The largest absolute Gasteiger partial charge is 0.341 e. The lowest BCUT2D eigenvalue weighted by Gasteiger charge is -2.23. The van der Waals surface area contributed by atoms with Crippen LogP contribution in [0.25, 0.3) is 0 Å². The molecule has 2 aliphatic heterocycles. The van der Waals surface area contributed by atoms with E-state index in [1.807, 2.05) is 22.4 Å². The molecule has 1 fully saturated rings. The minimum atomic E-state index is -0.157. The van der Waals surface area contributed by atoms with Gasteiger partial charge in [0.1, 0.15) is 5.71 Å². The Balaban J connectivity index is 1.50. The van der Waals surface area contributed by atoms with Gasteiger partial charge in [-0.05, 0) is 24.3 Å². The van der Waals surface area contributed by atoms with Crippen molar-refractivity contribution in [2.75, 3.05) is 26.2 Å². The molecule has 0 atom stereocenters. The van der Waals surface area contributed by atoms with Crippen LogP contribution in [0.2, 0.25) is 0 Å². The highest BCUT2D eigenvalue weighted by molar-refractivity contribution is 7.09. The molecule has 1 aromatic rings. The Kier molecular flexibility index (Phi) is 5.80. The molecule has 2 aliphatic rings. The molecule has 0 radical (unpaired) electrons. The molecule has 0 saturated carbocycles. The van der Waals surface area contributed by atoms with Gasteiger partial charge in [0, 0.05) is 50.3 Å². The number of aryl methyl sites for hydroxylation is 1. The first-order valence-corrected chi connectivity index (χ1v) is 9.46. The summed E-state index contributed by atoms with van der Waals surface area (Å²) >= 11 is 1.67. The van der Waals surface area contributed by atoms with Gasteiger partial charge in [-0.2, -0.15) is 5.10 Å². The van der Waals surface area contributed by atoms with Crippen molar-refractivity contribution < 1.29 is 14.4 Å². The van der Waals surface area contributed by atoms with Gasteiger partial charge in [-0.3, -0.25) is 14.4 Å². The molecule has 1 N–H and O–H groups in total. The maximum absolute atomic E-state index is 12.5. The fourth-order valence-electron chi connectivity index (χ4n) is 3.02. The fourth-order valence-corrected chi connectivity index (χ4v) is 3.73. The highest BCUT2D eigenvalue weighted by Crippen LogP contribution is 2.13. The molecule has 7 nitrogen and oxygen atoms in total. The van der Waals surface area contributed by atoms with E-state index in [9.17, 15) is 14.4 Å². The zero-order valence-electron chi connectivity index (χ0n) is 14.1. The lowest BCUT2D eigenvalue weighted by Crippen LogP contribution is -2.42. The third kappa shape index (κ3) is 4.66. The number of hydrogen-bond donors (Lipinski definition) is 1. The lowest BCUT2D eigenvalue weighted by atomic mass is 10.1. The number of nitrogens with zero attached hydrogens (tertiary/aromatic N) is 3. The van der Waals surface area contributed by atoms with Crippen LogP contribution in [0.1, 0.15) is 30.6 Å².